The SMILES string of the molecule is CC1CCCC(NC(=O)c2nc(-c3ccc(Cl)cc3)n3c2CCCCC3)C1C. The lowest BCUT2D eigenvalue weighted by molar-refractivity contribution is 0.0885. The standard InChI is InChI=1S/C23H30ClN3O/c1-15-7-6-8-19(16(15)2)25-23(28)21-20-9-4-3-5-14-27(20)22(26-21)17-10-12-18(24)13-11-17/h10-13,15-16,19H,3-9,14H2,1-2H3,(H,25,28). The maximum absolute atomic E-state index is 13.2. The van der Waals surface area contributed by atoms with Crippen LogP contribution in [0.5, 0.6) is 0 Å². The molecule has 1 amide bonds. The summed E-state index contributed by atoms with van der Waals surface area (Å²) in [5, 5.41) is 4.04. The molecule has 1 aliphatic heterocycles. The fourth-order valence-electron chi connectivity index (χ4n) is 4.74. The third-order valence-electron chi connectivity index (χ3n) is 6.71. The van der Waals surface area contributed by atoms with Gasteiger partial charge in [-0.25, -0.2) is 4.98 Å². The van der Waals surface area contributed by atoms with Gasteiger partial charge in [-0.2, -0.15) is 0 Å². The van der Waals surface area contributed by atoms with Crippen molar-refractivity contribution in [2.45, 2.75) is 71.4 Å². The lowest BCUT2D eigenvalue weighted by atomic mass is 9.78. The maximum Gasteiger partial charge on any atom is 0.272 e. The molecule has 1 aliphatic carbocycles. The Morgan fingerprint density at radius 2 is 1.89 bits per heavy atom. The number of nitrogens with zero attached hydrogens (tertiary/aromatic N) is 2. The average molecular weight is 400 g/mol. The minimum atomic E-state index is -0.00295. The molecule has 1 aromatic carbocycles. The summed E-state index contributed by atoms with van der Waals surface area (Å²) in [6.45, 7) is 5.48. The van der Waals surface area contributed by atoms with E-state index in [9.17, 15) is 4.79 Å². The van der Waals surface area contributed by atoms with Gasteiger partial charge in [0.15, 0.2) is 0 Å². The number of rotatable bonds is 3. The number of carbonyl (C=O) groups excluding carboxylic acids is 1. The molecule has 5 heteroatoms. The van der Waals surface area contributed by atoms with Crippen molar-refractivity contribution in [2.75, 3.05) is 0 Å². The molecule has 0 spiro atoms. The van der Waals surface area contributed by atoms with Crippen LogP contribution in [0.15, 0.2) is 24.3 Å². The fraction of sp³-hybridized carbons (Fsp3) is 0.565. The van der Waals surface area contributed by atoms with Crippen molar-refractivity contribution in [1.29, 1.82) is 0 Å². The quantitative estimate of drug-likeness (QED) is 0.742. The monoisotopic (exact) mass is 399 g/mol. The molecule has 3 unspecified atom stereocenters. The average Bonchev–Trinajstić information content (AvgIpc) is 2.88. The van der Waals surface area contributed by atoms with Crippen LogP contribution in [0, 0.1) is 11.8 Å². The van der Waals surface area contributed by atoms with Crippen LogP contribution in [-0.4, -0.2) is 21.5 Å². The van der Waals surface area contributed by atoms with Gasteiger partial charge in [0, 0.05) is 23.2 Å². The van der Waals surface area contributed by atoms with Crippen LogP contribution < -0.4 is 5.32 Å². The number of amides is 1. The van der Waals surface area contributed by atoms with Crippen LogP contribution in [0.25, 0.3) is 11.4 Å². The molecule has 0 saturated heterocycles. The topological polar surface area (TPSA) is 46.9 Å². The molecule has 0 bridgehead atoms. The van der Waals surface area contributed by atoms with Gasteiger partial charge in [-0.3, -0.25) is 4.79 Å². The Bertz CT molecular complexity index is 842. The smallest absolute Gasteiger partial charge is 0.272 e. The Kier molecular flexibility index (Phi) is 5.77. The third-order valence-corrected chi connectivity index (χ3v) is 6.96. The summed E-state index contributed by atoms with van der Waals surface area (Å²) in [5.41, 5.74) is 2.74. The molecule has 4 nitrogen and oxygen atoms in total. The predicted octanol–water partition coefficient (Wildman–Crippen LogP) is 5.48. The van der Waals surface area contributed by atoms with E-state index in [1.54, 1.807) is 0 Å². The number of aromatic nitrogens is 2. The number of carbonyl (C=O) groups is 1. The van der Waals surface area contributed by atoms with Gasteiger partial charge in [-0.15, -0.1) is 0 Å². The highest BCUT2D eigenvalue weighted by molar-refractivity contribution is 6.30. The largest absolute Gasteiger partial charge is 0.348 e. The van der Waals surface area contributed by atoms with Crippen LogP contribution >= 0.6 is 11.6 Å². The van der Waals surface area contributed by atoms with E-state index >= 15 is 0 Å². The van der Waals surface area contributed by atoms with Crippen LogP contribution in [-0.2, 0) is 13.0 Å². The summed E-state index contributed by atoms with van der Waals surface area (Å²) >= 11 is 6.07. The molecule has 1 fully saturated rings. The summed E-state index contributed by atoms with van der Waals surface area (Å²) in [7, 11) is 0. The molecule has 3 atom stereocenters. The molecule has 1 N–H and O–H groups in total. The number of hydrogen-bond acceptors (Lipinski definition) is 2. The Hall–Kier alpha value is -1.81. The van der Waals surface area contributed by atoms with E-state index in [4.69, 9.17) is 16.6 Å². The van der Waals surface area contributed by atoms with Crippen molar-refractivity contribution in [3.05, 3.63) is 40.7 Å². The first-order valence-corrected chi connectivity index (χ1v) is 11.1. The zero-order valence-corrected chi connectivity index (χ0v) is 17.6. The highest BCUT2D eigenvalue weighted by atomic mass is 35.5. The van der Waals surface area contributed by atoms with Gasteiger partial charge in [0.25, 0.3) is 5.91 Å². The Morgan fingerprint density at radius 1 is 1.11 bits per heavy atom. The molecular weight excluding hydrogens is 370 g/mol. The highest BCUT2D eigenvalue weighted by Gasteiger charge is 2.31. The molecule has 4 rings (SSSR count). The first-order chi connectivity index (χ1) is 13.5. The molecule has 1 saturated carbocycles. The van der Waals surface area contributed by atoms with Crippen LogP contribution in [0.2, 0.25) is 5.02 Å². The number of fused-ring (bicyclic) bond motifs is 1. The number of hydrogen-bond donors (Lipinski definition) is 1. The van der Waals surface area contributed by atoms with Crippen LogP contribution in [0.1, 0.15) is 68.6 Å². The van der Waals surface area contributed by atoms with Gasteiger partial charge < -0.3 is 9.88 Å². The van der Waals surface area contributed by atoms with E-state index < -0.39 is 0 Å². The van der Waals surface area contributed by atoms with Crippen LogP contribution in [0.4, 0.5) is 0 Å². The van der Waals surface area contributed by atoms with Crippen molar-refractivity contribution < 1.29 is 4.79 Å². The zero-order valence-electron chi connectivity index (χ0n) is 16.9. The summed E-state index contributed by atoms with van der Waals surface area (Å²) in [6.07, 6.45) is 7.87. The Balaban J connectivity index is 1.66. The van der Waals surface area contributed by atoms with Crippen molar-refractivity contribution in [1.82, 2.24) is 14.9 Å². The predicted molar refractivity (Wildman–Crippen MR) is 114 cm³/mol. The van der Waals surface area contributed by atoms with E-state index in [1.807, 2.05) is 24.3 Å². The van der Waals surface area contributed by atoms with Gasteiger partial charge in [0.1, 0.15) is 11.5 Å². The first-order valence-electron chi connectivity index (χ1n) is 10.7. The maximum atomic E-state index is 13.2. The number of imidazole rings is 1. The molecule has 28 heavy (non-hydrogen) atoms. The Labute approximate surface area is 172 Å². The van der Waals surface area contributed by atoms with Crippen molar-refractivity contribution in [3.63, 3.8) is 0 Å². The number of benzene rings is 1. The fourth-order valence-corrected chi connectivity index (χ4v) is 4.87. The van der Waals surface area contributed by atoms with E-state index in [-0.39, 0.29) is 11.9 Å². The summed E-state index contributed by atoms with van der Waals surface area (Å²) in [6, 6.07) is 8.02. The normalized spacial score (nSPS) is 25.0. The second kappa shape index (κ2) is 8.28. The van der Waals surface area contributed by atoms with Gasteiger partial charge in [0.2, 0.25) is 0 Å². The van der Waals surface area contributed by atoms with Crippen molar-refractivity contribution in [3.8, 4) is 11.4 Å². The second-order valence-electron chi connectivity index (χ2n) is 8.55. The van der Waals surface area contributed by atoms with Crippen molar-refractivity contribution >= 4 is 17.5 Å². The zero-order chi connectivity index (χ0) is 19.7. The van der Waals surface area contributed by atoms with E-state index in [0.717, 1.165) is 49.3 Å². The van der Waals surface area contributed by atoms with Crippen molar-refractivity contribution in [2.24, 2.45) is 11.8 Å². The van der Waals surface area contributed by atoms with E-state index in [1.165, 1.54) is 19.3 Å². The minimum absolute atomic E-state index is 0.00295. The highest BCUT2D eigenvalue weighted by Crippen LogP contribution is 2.31. The summed E-state index contributed by atoms with van der Waals surface area (Å²) in [5.74, 6) is 2.05. The van der Waals surface area contributed by atoms with Crippen LogP contribution in [0.3, 0.4) is 0 Å². The molecule has 2 aliphatic rings. The molecule has 2 heterocycles. The summed E-state index contributed by atoms with van der Waals surface area (Å²) < 4.78 is 2.26. The van der Waals surface area contributed by atoms with Gasteiger partial charge in [0.05, 0.1) is 5.69 Å². The third kappa shape index (κ3) is 3.84. The van der Waals surface area contributed by atoms with Gasteiger partial charge >= 0.3 is 0 Å². The van der Waals surface area contributed by atoms with Gasteiger partial charge in [-0.1, -0.05) is 44.7 Å². The molecule has 0 radical (unpaired) electrons. The van der Waals surface area contributed by atoms with Gasteiger partial charge in [-0.05, 0) is 61.8 Å². The molecular formula is C23H30ClN3O. The lowest BCUT2D eigenvalue weighted by Crippen LogP contribution is -2.44. The van der Waals surface area contributed by atoms with E-state index in [2.05, 4.69) is 23.7 Å². The molecule has 150 valence electrons. The minimum Gasteiger partial charge on any atom is -0.348 e. The first kappa shape index (κ1) is 19.5. The second-order valence-corrected chi connectivity index (χ2v) is 8.98. The molecule has 2 aromatic rings. The van der Waals surface area contributed by atoms with E-state index in [0.29, 0.717) is 22.6 Å². The lowest BCUT2D eigenvalue weighted by Gasteiger charge is -2.34. The molecule has 1 aromatic heterocycles. The summed E-state index contributed by atoms with van der Waals surface area (Å²) in [4.78, 5) is 18.1. The number of nitrogens with one attached hydrogen (secondary N) is 1. The Morgan fingerprint density at radius 3 is 2.68 bits per heavy atom. The number of halogens is 1.